The Morgan fingerprint density at radius 2 is 2.03 bits per heavy atom. The first-order valence-electron chi connectivity index (χ1n) is 9.83. The summed E-state index contributed by atoms with van der Waals surface area (Å²) >= 11 is 0. The van der Waals surface area contributed by atoms with Crippen molar-refractivity contribution in [1.82, 2.24) is 29.8 Å². The molecule has 0 bridgehead atoms. The number of hydrogen-bond donors (Lipinski definition) is 2. The Kier molecular flexibility index (Phi) is 4.60. The number of nitrogens with zero attached hydrogens (tertiary/aromatic N) is 6. The van der Waals surface area contributed by atoms with E-state index >= 15 is 0 Å². The van der Waals surface area contributed by atoms with Crippen LogP contribution in [0.2, 0.25) is 0 Å². The lowest BCUT2D eigenvalue weighted by atomic mass is 9.96. The third kappa shape index (κ3) is 3.24. The van der Waals surface area contributed by atoms with E-state index in [1.807, 2.05) is 26.0 Å². The number of H-pyrrole nitrogens is 1. The van der Waals surface area contributed by atoms with Gasteiger partial charge in [-0.25, -0.2) is 8.91 Å². The Bertz CT molecular complexity index is 1500. The highest BCUT2D eigenvalue weighted by atomic mass is 19.1. The van der Waals surface area contributed by atoms with E-state index in [0.717, 1.165) is 28.1 Å². The standard InChI is InChI=1S/C23H17FN8/c1-13-14(2)26-7-5-20(13)29-23-30-22-21(18-9-15(10-25)3-4-19(18)24)17(6-8-32(22)31-23)16-11-27-28-12-16/h3-9,11-12H,1-2H3,(H,27,28)(H,26,29,31). The van der Waals surface area contributed by atoms with E-state index in [0.29, 0.717) is 22.7 Å². The first-order chi connectivity index (χ1) is 15.5. The highest BCUT2D eigenvalue weighted by Gasteiger charge is 2.20. The number of aryl methyl sites for hydroxylation is 1. The number of rotatable bonds is 4. The third-order valence-electron chi connectivity index (χ3n) is 5.38. The zero-order valence-electron chi connectivity index (χ0n) is 17.3. The first kappa shape index (κ1) is 19.4. The molecule has 2 N–H and O–H groups in total. The van der Waals surface area contributed by atoms with Crippen molar-refractivity contribution >= 4 is 17.3 Å². The fraction of sp³-hybridized carbons (Fsp3) is 0.0870. The average molecular weight is 424 g/mol. The molecule has 32 heavy (non-hydrogen) atoms. The van der Waals surface area contributed by atoms with Crippen molar-refractivity contribution in [3.05, 3.63) is 77.8 Å². The van der Waals surface area contributed by atoms with E-state index in [2.05, 4.69) is 36.7 Å². The van der Waals surface area contributed by atoms with Gasteiger partial charge in [-0.05, 0) is 55.3 Å². The number of aromatic amines is 1. The smallest absolute Gasteiger partial charge is 0.247 e. The highest BCUT2D eigenvalue weighted by molar-refractivity contribution is 5.92. The molecule has 0 amide bonds. The Balaban J connectivity index is 1.74. The maximum atomic E-state index is 15.0. The van der Waals surface area contributed by atoms with E-state index in [1.165, 1.54) is 18.2 Å². The Morgan fingerprint density at radius 3 is 2.81 bits per heavy atom. The molecule has 0 aliphatic heterocycles. The molecule has 1 aromatic carbocycles. The van der Waals surface area contributed by atoms with E-state index in [-0.39, 0.29) is 5.56 Å². The highest BCUT2D eigenvalue weighted by Crippen LogP contribution is 2.37. The van der Waals surface area contributed by atoms with E-state index in [4.69, 9.17) is 0 Å². The summed E-state index contributed by atoms with van der Waals surface area (Å²) in [4.78, 5) is 8.94. The monoisotopic (exact) mass is 424 g/mol. The Morgan fingerprint density at radius 1 is 1.16 bits per heavy atom. The topological polar surface area (TPSA) is 108 Å². The van der Waals surface area contributed by atoms with Crippen LogP contribution in [0.5, 0.6) is 0 Å². The number of halogens is 1. The summed E-state index contributed by atoms with van der Waals surface area (Å²) in [6.45, 7) is 3.89. The molecule has 9 heteroatoms. The summed E-state index contributed by atoms with van der Waals surface area (Å²) < 4.78 is 16.6. The van der Waals surface area contributed by atoms with Gasteiger partial charge in [0.1, 0.15) is 5.82 Å². The molecule has 0 aliphatic rings. The van der Waals surface area contributed by atoms with Crippen molar-refractivity contribution in [2.45, 2.75) is 13.8 Å². The number of fused-ring (bicyclic) bond motifs is 1. The van der Waals surface area contributed by atoms with E-state index in [9.17, 15) is 9.65 Å². The van der Waals surface area contributed by atoms with Crippen LogP contribution < -0.4 is 5.32 Å². The number of pyridine rings is 2. The minimum absolute atomic E-state index is 0.265. The molecule has 0 spiro atoms. The zero-order chi connectivity index (χ0) is 22.2. The average Bonchev–Trinajstić information content (AvgIpc) is 3.46. The van der Waals surface area contributed by atoms with Gasteiger partial charge >= 0.3 is 0 Å². The molecule has 0 saturated heterocycles. The molecule has 5 rings (SSSR count). The molecular weight excluding hydrogens is 407 g/mol. The number of anilines is 2. The van der Waals surface area contributed by atoms with E-state index < -0.39 is 5.82 Å². The van der Waals surface area contributed by atoms with Crippen LogP contribution in [0.1, 0.15) is 16.8 Å². The molecule has 0 aliphatic carbocycles. The van der Waals surface area contributed by atoms with Gasteiger partial charge in [-0.15, -0.1) is 5.10 Å². The van der Waals surface area contributed by atoms with Gasteiger partial charge in [-0.1, -0.05) is 0 Å². The largest absolute Gasteiger partial charge is 0.323 e. The maximum absolute atomic E-state index is 15.0. The number of aromatic nitrogens is 6. The van der Waals surface area contributed by atoms with Crippen molar-refractivity contribution in [1.29, 1.82) is 5.26 Å². The summed E-state index contributed by atoms with van der Waals surface area (Å²) in [7, 11) is 0. The van der Waals surface area contributed by atoms with Crippen molar-refractivity contribution < 1.29 is 4.39 Å². The Hall–Kier alpha value is -4.58. The first-order valence-corrected chi connectivity index (χ1v) is 9.83. The second-order valence-corrected chi connectivity index (χ2v) is 7.30. The van der Waals surface area contributed by atoms with Crippen molar-refractivity contribution in [3.8, 4) is 28.3 Å². The zero-order valence-corrected chi connectivity index (χ0v) is 17.3. The lowest BCUT2D eigenvalue weighted by molar-refractivity contribution is 0.631. The number of nitrogens with one attached hydrogen (secondary N) is 2. The fourth-order valence-corrected chi connectivity index (χ4v) is 3.59. The minimum atomic E-state index is -0.458. The van der Waals surface area contributed by atoms with Crippen LogP contribution in [0.25, 0.3) is 27.9 Å². The van der Waals surface area contributed by atoms with Gasteiger partial charge in [0.05, 0.1) is 17.8 Å². The van der Waals surface area contributed by atoms with Crippen molar-refractivity contribution in [2.24, 2.45) is 0 Å². The van der Waals surface area contributed by atoms with Crippen LogP contribution in [0.3, 0.4) is 0 Å². The predicted molar refractivity (Wildman–Crippen MR) is 118 cm³/mol. The molecule has 4 aromatic heterocycles. The van der Waals surface area contributed by atoms with Gasteiger partial charge in [0.2, 0.25) is 5.95 Å². The molecule has 0 fully saturated rings. The third-order valence-corrected chi connectivity index (χ3v) is 5.38. The van der Waals surface area contributed by atoms with Gasteiger partial charge in [-0.3, -0.25) is 10.1 Å². The summed E-state index contributed by atoms with van der Waals surface area (Å²) in [6, 6.07) is 10.00. The quantitative estimate of drug-likeness (QED) is 0.438. The summed E-state index contributed by atoms with van der Waals surface area (Å²) in [5, 5.41) is 23.9. The van der Waals surface area contributed by atoms with Gasteiger partial charge < -0.3 is 5.32 Å². The van der Waals surface area contributed by atoms with Gasteiger partial charge in [0, 0.05) is 46.7 Å². The van der Waals surface area contributed by atoms with Crippen LogP contribution in [0, 0.1) is 31.0 Å². The van der Waals surface area contributed by atoms with Gasteiger partial charge in [-0.2, -0.15) is 15.3 Å². The number of hydrogen-bond acceptors (Lipinski definition) is 6. The minimum Gasteiger partial charge on any atom is -0.323 e. The SMILES string of the molecule is Cc1nccc(Nc2nc3c(-c4cc(C#N)ccc4F)c(-c4cn[nH]c4)ccn3n2)c1C. The molecule has 0 radical (unpaired) electrons. The van der Waals surface area contributed by atoms with Crippen LogP contribution in [0.15, 0.2) is 55.1 Å². The van der Waals surface area contributed by atoms with Crippen LogP contribution in [0.4, 0.5) is 16.0 Å². The summed E-state index contributed by atoms with van der Waals surface area (Å²) in [5.41, 5.74) is 5.79. The summed E-state index contributed by atoms with van der Waals surface area (Å²) in [6.07, 6.45) is 6.85. The van der Waals surface area contributed by atoms with E-state index in [1.54, 1.807) is 29.3 Å². The van der Waals surface area contributed by atoms with Crippen molar-refractivity contribution in [2.75, 3.05) is 5.32 Å². The molecule has 0 saturated carbocycles. The molecule has 0 unspecified atom stereocenters. The lowest BCUT2D eigenvalue weighted by Crippen LogP contribution is -1.98. The molecule has 0 atom stereocenters. The normalized spacial score (nSPS) is 10.9. The molecule has 4 heterocycles. The Labute approximate surface area is 182 Å². The number of nitriles is 1. The van der Waals surface area contributed by atoms with Crippen LogP contribution in [-0.2, 0) is 0 Å². The summed E-state index contributed by atoms with van der Waals surface area (Å²) in [5.74, 6) is -0.0962. The molecular formula is C23H17FN8. The van der Waals surface area contributed by atoms with Crippen LogP contribution >= 0.6 is 0 Å². The van der Waals surface area contributed by atoms with Crippen LogP contribution in [-0.4, -0.2) is 29.8 Å². The maximum Gasteiger partial charge on any atom is 0.247 e. The molecule has 5 aromatic rings. The number of benzene rings is 1. The second-order valence-electron chi connectivity index (χ2n) is 7.30. The second kappa shape index (κ2) is 7.59. The molecule has 156 valence electrons. The lowest BCUT2D eigenvalue weighted by Gasteiger charge is -2.11. The van der Waals surface area contributed by atoms with Crippen molar-refractivity contribution in [3.63, 3.8) is 0 Å². The van der Waals surface area contributed by atoms with Gasteiger partial charge in [0.25, 0.3) is 0 Å². The molecule has 8 nitrogen and oxygen atoms in total. The fourth-order valence-electron chi connectivity index (χ4n) is 3.59. The van der Waals surface area contributed by atoms with Gasteiger partial charge in [0.15, 0.2) is 5.65 Å². The predicted octanol–water partition coefficient (Wildman–Crippen LogP) is 4.55.